The molecular weight excluding hydrogens is 166 g/mol. The molecule has 0 radical (unpaired) electrons. The van der Waals surface area contributed by atoms with Crippen molar-refractivity contribution in [1.82, 2.24) is 4.90 Å². The molecule has 3 nitrogen and oxygen atoms in total. The van der Waals surface area contributed by atoms with Crippen LogP contribution in [0.2, 0.25) is 0 Å². The van der Waals surface area contributed by atoms with Crippen LogP contribution in [0.1, 0.15) is 33.1 Å². The van der Waals surface area contributed by atoms with Gasteiger partial charge in [0.1, 0.15) is 0 Å². The van der Waals surface area contributed by atoms with E-state index in [9.17, 15) is 4.79 Å². The van der Waals surface area contributed by atoms with Crippen LogP contribution in [0.25, 0.3) is 0 Å². The van der Waals surface area contributed by atoms with Crippen molar-refractivity contribution in [2.75, 3.05) is 13.1 Å². The Morgan fingerprint density at radius 1 is 1.69 bits per heavy atom. The Labute approximate surface area is 79.7 Å². The van der Waals surface area contributed by atoms with Crippen LogP contribution in [0, 0.1) is 5.92 Å². The number of rotatable bonds is 5. The summed E-state index contributed by atoms with van der Waals surface area (Å²) in [6, 6.07) is 0.715. The number of carboxylic acids is 1. The lowest BCUT2D eigenvalue weighted by molar-refractivity contribution is -0.137. The van der Waals surface area contributed by atoms with Crippen molar-refractivity contribution in [3.8, 4) is 0 Å². The van der Waals surface area contributed by atoms with Gasteiger partial charge in [-0.1, -0.05) is 6.92 Å². The monoisotopic (exact) mass is 185 g/mol. The summed E-state index contributed by atoms with van der Waals surface area (Å²) < 4.78 is 0. The number of aliphatic carboxylic acids is 1. The molecule has 1 heterocycles. The van der Waals surface area contributed by atoms with Gasteiger partial charge in [0, 0.05) is 19.0 Å². The van der Waals surface area contributed by atoms with Gasteiger partial charge in [-0.25, -0.2) is 0 Å². The van der Waals surface area contributed by atoms with Crippen molar-refractivity contribution >= 4 is 5.97 Å². The smallest absolute Gasteiger partial charge is 0.303 e. The molecule has 0 amide bonds. The highest BCUT2D eigenvalue weighted by molar-refractivity contribution is 5.66. The van der Waals surface area contributed by atoms with Gasteiger partial charge < -0.3 is 10.0 Å². The Morgan fingerprint density at radius 2 is 2.38 bits per heavy atom. The first-order valence-corrected chi connectivity index (χ1v) is 5.05. The second-order valence-corrected chi connectivity index (χ2v) is 4.17. The molecule has 13 heavy (non-hydrogen) atoms. The van der Waals surface area contributed by atoms with Crippen molar-refractivity contribution in [2.45, 2.75) is 39.2 Å². The van der Waals surface area contributed by atoms with Crippen LogP contribution >= 0.6 is 0 Å². The highest BCUT2D eigenvalue weighted by Gasteiger charge is 2.24. The molecule has 1 fully saturated rings. The number of carboxylic acid groups (broad SMARTS) is 1. The minimum atomic E-state index is -0.677. The van der Waals surface area contributed by atoms with E-state index in [1.165, 1.54) is 13.0 Å². The van der Waals surface area contributed by atoms with Crippen LogP contribution in [0.5, 0.6) is 0 Å². The average Bonchev–Trinajstić information content (AvgIpc) is 2.08. The first-order valence-electron chi connectivity index (χ1n) is 5.05. The molecule has 1 aliphatic heterocycles. The molecule has 0 aromatic rings. The minimum absolute atomic E-state index is 0.309. The molecule has 0 bridgehead atoms. The summed E-state index contributed by atoms with van der Waals surface area (Å²) in [6.45, 7) is 6.62. The van der Waals surface area contributed by atoms with E-state index in [0.29, 0.717) is 18.4 Å². The van der Waals surface area contributed by atoms with Gasteiger partial charge in [0.2, 0.25) is 0 Å². The number of likely N-dealkylation sites (tertiary alicyclic amines) is 1. The molecule has 2 atom stereocenters. The molecule has 3 heteroatoms. The number of hydrogen-bond donors (Lipinski definition) is 1. The highest BCUT2D eigenvalue weighted by atomic mass is 16.4. The van der Waals surface area contributed by atoms with E-state index in [2.05, 4.69) is 18.7 Å². The van der Waals surface area contributed by atoms with Gasteiger partial charge in [0.25, 0.3) is 0 Å². The first kappa shape index (κ1) is 10.5. The Morgan fingerprint density at radius 3 is 2.77 bits per heavy atom. The second kappa shape index (κ2) is 4.61. The Balaban J connectivity index is 2.10. The maximum atomic E-state index is 10.3. The summed E-state index contributed by atoms with van der Waals surface area (Å²) in [7, 11) is 0. The SMILES string of the molecule is CC(CCC(=O)O)CN1CCC1C. The van der Waals surface area contributed by atoms with Crippen molar-refractivity contribution < 1.29 is 9.90 Å². The molecule has 1 rings (SSSR count). The van der Waals surface area contributed by atoms with Crippen molar-refractivity contribution in [2.24, 2.45) is 5.92 Å². The predicted octanol–water partition coefficient (Wildman–Crippen LogP) is 1.58. The molecule has 0 spiro atoms. The molecule has 1 saturated heterocycles. The van der Waals surface area contributed by atoms with Gasteiger partial charge in [0.15, 0.2) is 0 Å². The van der Waals surface area contributed by atoms with Gasteiger partial charge in [0.05, 0.1) is 0 Å². The molecule has 1 N–H and O–H groups in total. The largest absolute Gasteiger partial charge is 0.481 e. The molecule has 1 aliphatic rings. The zero-order chi connectivity index (χ0) is 9.84. The maximum Gasteiger partial charge on any atom is 0.303 e. The minimum Gasteiger partial charge on any atom is -0.481 e. The highest BCUT2D eigenvalue weighted by Crippen LogP contribution is 2.19. The molecule has 2 unspecified atom stereocenters. The van der Waals surface area contributed by atoms with Gasteiger partial charge in [-0.05, 0) is 32.2 Å². The third-order valence-corrected chi connectivity index (χ3v) is 2.85. The zero-order valence-electron chi connectivity index (χ0n) is 8.49. The van der Waals surface area contributed by atoms with Crippen LogP contribution in [0.4, 0.5) is 0 Å². The van der Waals surface area contributed by atoms with Gasteiger partial charge in [-0.3, -0.25) is 4.79 Å². The maximum absolute atomic E-state index is 10.3. The summed E-state index contributed by atoms with van der Waals surface area (Å²) in [5.74, 6) is -0.164. The zero-order valence-corrected chi connectivity index (χ0v) is 8.49. The topological polar surface area (TPSA) is 40.5 Å². The fourth-order valence-corrected chi connectivity index (χ4v) is 1.70. The van der Waals surface area contributed by atoms with E-state index in [1.54, 1.807) is 0 Å². The normalized spacial score (nSPS) is 25.2. The van der Waals surface area contributed by atoms with E-state index in [-0.39, 0.29) is 0 Å². The van der Waals surface area contributed by atoms with Crippen LogP contribution in [0.15, 0.2) is 0 Å². The summed E-state index contributed by atoms with van der Waals surface area (Å²) in [4.78, 5) is 12.7. The summed E-state index contributed by atoms with van der Waals surface area (Å²) in [5.41, 5.74) is 0. The molecule has 0 saturated carbocycles. The van der Waals surface area contributed by atoms with E-state index in [0.717, 1.165) is 13.0 Å². The fraction of sp³-hybridized carbons (Fsp3) is 0.900. The second-order valence-electron chi connectivity index (χ2n) is 4.17. The first-order chi connectivity index (χ1) is 6.09. The van der Waals surface area contributed by atoms with E-state index < -0.39 is 5.97 Å². The number of nitrogens with zero attached hydrogens (tertiary/aromatic N) is 1. The summed E-state index contributed by atoms with van der Waals surface area (Å²) in [6.07, 6.45) is 2.41. The van der Waals surface area contributed by atoms with E-state index >= 15 is 0 Å². The van der Waals surface area contributed by atoms with E-state index in [1.807, 2.05) is 0 Å². The third-order valence-electron chi connectivity index (χ3n) is 2.85. The van der Waals surface area contributed by atoms with Gasteiger partial charge in [-0.2, -0.15) is 0 Å². The predicted molar refractivity (Wildman–Crippen MR) is 51.7 cm³/mol. The van der Waals surface area contributed by atoms with Crippen LogP contribution in [-0.4, -0.2) is 35.1 Å². The molecular formula is C10H19NO2. The third kappa shape index (κ3) is 3.35. The van der Waals surface area contributed by atoms with Crippen molar-refractivity contribution in [3.63, 3.8) is 0 Å². The number of hydrogen-bond acceptors (Lipinski definition) is 2. The van der Waals surface area contributed by atoms with Gasteiger partial charge in [-0.15, -0.1) is 0 Å². The van der Waals surface area contributed by atoms with Crippen LogP contribution in [0.3, 0.4) is 0 Å². The van der Waals surface area contributed by atoms with Crippen LogP contribution in [-0.2, 0) is 4.79 Å². The lowest BCUT2D eigenvalue weighted by Gasteiger charge is -2.40. The standard InChI is InChI=1S/C10H19NO2/c1-8(3-4-10(12)13)7-11-6-5-9(11)2/h8-9H,3-7H2,1-2H3,(H,12,13). The average molecular weight is 185 g/mol. The van der Waals surface area contributed by atoms with Crippen LogP contribution < -0.4 is 0 Å². The molecule has 0 aromatic heterocycles. The summed E-state index contributed by atoms with van der Waals surface area (Å²) >= 11 is 0. The Kier molecular flexibility index (Phi) is 3.72. The Hall–Kier alpha value is -0.570. The lowest BCUT2D eigenvalue weighted by Crippen LogP contribution is -2.47. The van der Waals surface area contributed by atoms with Gasteiger partial charge >= 0.3 is 5.97 Å². The van der Waals surface area contributed by atoms with Crippen molar-refractivity contribution in [3.05, 3.63) is 0 Å². The molecule has 76 valence electrons. The fourth-order valence-electron chi connectivity index (χ4n) is 1.70. The Bertz CT molecular complexity index is 182. The molecule has 0 aliphatic carbocycles. The van der Waals surface area contributed by atoms with E-state index in [4.69, 9.17) is 5.11 Å². The number of carbonyl (C=O) groups is 1. The quantitative estimate of drug-likeness (QED) is 0.707. The summed E-state index contributed by atoms with van der Waals surface area (Å²) in [5, 5.41) is 8.51. The molecule has 0 aromatic carbocycles. The van der Waals surface area contributed by atoms with Crippen molar-refractivity contribution in [1.29, 1.82) is 0 Å². The lowest BCUT2D eigenvalue weighted by atomic mass is 9.99.